The minimum Gasteiger partial charge on any atom is -0.453 e. The molecule has 1 aromatic carbocycles. The molecule has 0 bridgehead atoms. The molecule has 5 rings (SSSR count). The van der Waals surface area contributed by atoms with E-state index in [1.54, 1.807) is 16.0 Å². The van der Waals surface area contributed by atoms with Crippen LogP contribution in [-0.2, 0) is 15.9 Å². The molecule has 35 heavy (non-hydrogen) atoms. The summed E-state index contributed by atoms with van der Waals surface area (Å²) in [5.74, 6) is -2.42. The van der Waals surface area contributed by atoms with Crippen molar-refractivity contribution in [1.29, 1.82) is 0 Å². The van der Waals surface area contributed by atoms with Crippen molar-refractivity contribution >= 4 is 39.2 Å². The number of nitrogens with zero attached hydrogens (tertiary/aromatic N) is 4. The van der Waals surface area contributed by atoms with E-state index in [1.165, 1.54) is 30.4 Å². The molecule has 0 saturated carbocycles. The molecule has 2 amide bonds. The standard InChI is InChI=1S/C23H21F2N5O4S/c1-26-22(31)12-5-14(24)20(15(25)6-12)21-17(7-13-9-29(3-4-34-13)23(32)33-2)30-10-18-16(27-11-35-18)8-19(30)28-21/h5-6,8,10-11,13H,3-4,7,9H2,1-2H3,(H,26,31)/t13-/m0/s1. The summed E-state index contributed by atoms with van der Waals surface area (Å²) >= 11 is 1.43. The van der Waals surface area contributed by atoms with E-state index in [9.17, 15) is 9.59 Å². The van der Waals surface area contributed by atoms with Crippen LogP contribution in [0.4, 0.5) is 13.6 Å². The average molecular weight is 502 g/mol. The summed E-state index contributed by atoms with van der Waals surface area (Å²) < 4.78 is 43.8. The van der Waals surface area contributed by atoms with E-state index in [4.69, 9.17) is 9.47 Å². The number of ether oxygens (including phenoxy) is 2. The lowest BCUT2D eigenvalue weighted by molar-refractivity contribution is -0.0241. The predicted molar refractivity (Wildman–Crippen MR) is 125 cm³/mol. The Morgan fingerprint density at radius 2 is 2.06 bits per heavy atom. The summed E-state index contributed by atoms with van der Waals surface area (Å²) in [6, 6.07) is 3.72. The Kier molecular flexibility index (Phi) is 6.07. The lowest BCUT2D eigenvalue weighted by Crippen LogP contribution is -2.46. The van der Waals surface area contributed by atoms with Gasteiger partial charge in [-0.3, -0.25) is 4.79 Å². The maximum Gasteiger partial charge on any atom is 0.409 e. The number of methoxy groups -OCH3 is 1. The molecule has 1 fully saturated rings. The quantitative estimate of drug-likeness (QED) is 0.461. The summed E-state index contributed by atoms with van der Waals surface area (Å²) in [7, 11) is 2.69. The Bertz CT molecular complexity index is 1430. The minimum atomic E-state index is -0.908. The normalized spacial score (nSPS) is 16.1. The van der Waals surface area contributed by atoms with Crippen molar-refractivity contribution in [1.82, 2.24) is 24.6 Å². The number of halogens is 2. The average Bonchev–Trinajstić information content (AvgIpc) is 3.45. The molecular weight excluding hydrogens is 480 g/mol. The second-order valence-corrected chi connectivity index (χ2v) is 8.90. The number of fused-ring (bicyclic) bond motifs is 2. The van der Waals surface area contributed by atoms with Crippen molar-refractivity contribution in [2.24, 2.45) is 0 Å². The van der Waals surface area contributed by atoms with Crippen LogP contribution >= 0.6 is 11.3 Å². The molecule has 9 nitrogen and oxygen atoms in total. The number of hydrogen-bond donors (Lipinski definition) is 1. The van der Waals surface area contributed by atoms with Gasteiger partial charge in [-0.25, -0.2) is 23.5 Å². The van der Waals surface area contributed by atoms with Gasteiger partial charge in [-0.1, -0.05) is 0 Å². The number of rotatable bonds is 4. The van der Waals surface area contributed by atoms with E-state index >= 15 is 8.78 Å². The smallest absolute Gasteiger partial charge is 0.409 e. The van der Waals surface area contributed by atoms with Crippen molar-refractivity contribution in [2.45, 2.75) is 12.5 Å². The van der Waals surface area contributed by atoms with Crippen molar-refractivity contribution in [3.8, 4) is 11.3 Å². The van der Waals surface area contributed by atoms with Gasteiger partial charge in [-0.15, -0.1) is 11.3 Å². The predicted octanol–water partition coefficient (Wildman–Crippen LogP) is 3.26. The second-order valence-electron chi connectivity index (χ2n) is 8.02. The first kappa shape index (κ1) is 23.1. The molecule has 0 unspecified atom stereocenters. The third kappa shape index (κ3) is 4.19. The van der Waals surface area contributed by atoms with Crippen LogP contribution in [0.3, 0.4) is 0 Å². The highest BCUT2D eigenvalue weighted by Crippen LogP contribution is 2.33. The lowest BCUT2D eigenvalue weighted by Gasteiger charge is -2.32. The Morgan fingerprint density at radius 3 is 2.77 bits per heavy atom. The van der Waals surface area contributed by atoms with Crippen LogP contribution in [0.5, 0.6) is 0 Å². The van der Waals surface area contributed by atoms with Gasteiger partial charge in [0.15, 0.2) is 0 Å². The number of pyridine rings is 1. The third-order valence-corrected chi connectivity index (χ3v) is 6.71. The highest BCUT2D eigenvalue weighted by Gasteiger charge is 2.29. The molecule has 0 aliphatic carbocycles. The van der Waals surface area contributed by atoms with Crippen LogP contribution in [0, 0.1) is 11.6 Å². The van der Waals surface area contributed by atoms with E-state index in [0.29, 0.717) is 30.0 Å². The molecule has 0 radical (unpaired) electrons. The van der Waals surface area contributed by atoms with Gasteiger partial charge in [-0.05, 0) is 12.1 Å². The third-order valence-electron chi connectivity index (χ3n) is 5.93. The highest BCUT2D eigenvalue weighted by molar-refractivity contribution is 7.16. The van der Waals surface area contributed by atoms with Gasteiger partial charge in [0.1, 0.15) is 17.3 Å². The van der Waals surface area contributed by atoms with Crippen LogP contribution in [-0.4, -0.2) is 71.2 Å². The number of hydrogen-bond acceptors (Lipinski definition) is 7. The maximum atomic E-state index is 15.2. The molecule has 1 aliphatic heterocycles. The van der Waals surface area contributed by atoms with Crippen LogP contribution in [0.15, 0.2) is 29.9 Å². The molecular formula is C23H21F2N5O4S. The Labute approximate surface area is 202 Å². The van der Waals surface area contributed by atoms with E-state index in [-0.39, 0.29) is 29.8 Å². The summed E-state index contributed by atoms with van der Waals surface area (Å²) in [5.41, 5.74) is 3.02. The number of benzene rings is 1. The van der Waals surface area contributed by atoms with Gasteiger partial charge < -0.3 is 24.1 Å². The van der Waals surface area contributed by atoms with Crippen molar-refractivity contribution < 1.29 is 27.8 Å². The van der Waals surface area contributed by atoms with Crippen LogP contribution in [0.1, 0.15) is 16.1 Å². The monoisotopic (exact) mass is 501 g/mol. The Hall–Kier alpha value is -3.64. The minimum absolute atomic E-state index is 0.0971. The molecule has 1 aliphatic rings. The topological polar surface area (TPSA) is 98.1 Å². The van der Waals surface area contributed by atoms with Crippen molar-refractivity contribution in [2.75, 3.05) is 33.9 Å². The van der Waals surface area contributed by atoms with Gasteiger partial charge in [0.2, 0.25) is 0 Å². The SMILES string of the molecule is CNC(=O)c1cc(F)c(-c2nc3cc4ncsc4cn3c2C[C@H]2CN(C(=O)OC)CCO2)c(F)c1. The zero-order valence-electron chi connectivity index (χ0n) is 18.9. The maximum absolute atomic E-state index is 15.2. The number of nitrogens with one attached hydrogen (secondary N) is 1. The van der Waals surface area contributed by atoms with Crippen molar-refractivity contribution in [3.05, 3.63) is 52.8 Å². The first-order valence-corrected chi connectivity index (χ1v) is 11.7. The number of carbonyl (C=O) groups excluding carboxylic acids is 2. The van der Waals surface area contributed by atoms with Gasteiger partial charge in [0.05, 0.1) is 59.0 Å². The van der Waals surface area contributed by atoms with E-state index in [0.717, 1.165) is 16.8 Å². The van der Waals surface area contributed by atoms with E-state index in [1.807, 2.05) is 6.20 Å². The Balaban J connectivity index is 1.63. The lowest BCUT2D eigenvalue weighted by atomic mass is 10.0. The fraction of sp³-hybridized carbons (Fsp3) is 0.304. The molecule has 182 valence electrons. The first-order valence-electron chi connectivity index (χ1n) is 10.8. The van der Waals surface area contributed by atoms with E-state index in [2.05, 4.69) is 15.3 Å². The summed E-state index contributed by atoms with van der Waals surface area (Å²) in [6.07, 6.45) is 1.13. The summed E-state index contributed by atoms with van der Waals surface area (Å²) in [4.78, 5) is 34.3. The van der Waals surface area contributed by atoms with Crippen LogP contribution in [0.2, 0.25) is 0 Å². The largest absolute Gasteiger partial charge is 0.453 e. The van der Waals surface area contributed by atoms with Crippen LogP contribution < -0.4 is 5.32 Å². The molecule has 1 saturated heterocycles. The molecule has 0 spiro atoms. The first-order chi connectivity index (χ1) is 16.9. The number of imidazole rings is 1. The molecule has 12 heteroatoms. The number of thiazole rings is 1. The second kappa shape index (κ2) is 9.19. The molecule has 1 atom stereocenters. The summed E-state index contributed by atoms with van der Waals surface area (Å²) in [5, 5.41) is 2.36. The zero-order chi connectivity index (χ0) is 24.7. The number of aromatic nitrogens is 3. The van der Waals surface area contributed by atoms with Gasteiger partial charge >= 0.3 is 6.09 Å². The van der Waals surface area contributed by atoms with E-state index < -0.39 is 29.7 Å². The summed E-state index contributed by atoms with van der Waals surface area (Å²) in [6.45, 7) is 0.937. The van der Waals surface area contributed by atoms with Gasteiger partial charge in [0, 0.05) is 37.8 Å². The Morgan fingerprint density at radius 1 is 1.29 bits per heavy atom. The molecule has 1 N–H and O–H groups in total. The number of carbonyl (C=O) groups is 2. The fourth-order valence-corrected chi connectivity index (χ4v) is 4.94. The highest BCUT2D eigenvalue weighted by atomic mass is 32.1. The molecule has 4 heterocycles. The number of morpholine rings is 1. The van der Waals surface area contributed by atoms with Gasteiger partial charge in [0.25, 0.3) is 5.91 Å². The van der Waals surface area contributed by atoms with Gasteiger partial charge in [-0.2, -0.15) is 0 Å². The zero-order valence-corrected chi connectivity index (χ0v) is 19.7. The van der Waals surface area contributed by atoms with Crippen molar-refractivity contribution in [3.63, 3.8) is 0 Å². The van der Waals surface area contributed by atoms with Crippen LogP contribution in [0.25, 0.3) is 27.1 Å². The molecule has 3 aromatic heterocycles. The fourth-order valence-electron chi connectivity index (χ4n) is 4.26. The number of amides is 2. The molecule has 4 aromatic rings.